The molecule has 1 heterocycles. The van der Waals surface area contributed by atoms with Crippen LogP contribution in [0.25, 0.3) is 0 Å². The fraction of sp³-hybridized carbons (Fsp3) is 0.308. The van der Waals surface area contributed by atoms with Crippen LogP contribution in [0.4, 0.5) is 5.69 Å². The maximum atomic E-state index is 5.91. The van der Waals surface area contributed by atoms with Crippen molar-refractivity contribution >= 4 is 33.2 Å². The number of anilines is 1. The van der Waals surface area contributed by atoms with E-state index in [1.165, 1.54) is 5.56 Å². The number of rotatable bonds is 4. The molecule has 0 bridgehead atoms. The van der Waals surface area contributed by atoms with E-state index in [9.17, 15) is 0 Å². The average Bonchev–Trinajstić information content (AvgIpc) is 2.68. The third-order valence-corrected chi connectivity index (χ3v) is 3.62. The molecule has 5 heteroatoms. The van der Waals surface area contributed by atoms with E-state index in [1.54, 1.807) is 0 Å². The van der Waals surface area contributed by atoms with E-state index in [0.717, 1.165) is 33.8 Å². The van der Waals surface area contributed by atoms with Crippen molar-refractivity contribution in [2.24, 2.45) is 7.05 Å². The van der Waals surface area contributed by atoms with Crippen molar-refractivity contribution in [3.05, 3.63) is 45.1 Å². The minimum Gasteiger partial charge on any atom is -0.380 e. The first kappa shape index (κ1) is 13.4. The summed E-state index contributed by atoms with van der Waals surface area (Å²) in [6.45, 7) is 2.88. The number of halogens is 2. The van der Waals surface area contributed by atoms with Crippen molar-refractivity contribution in [1.29, 1.82) is 0 Å². The Morgan fingerprint density at radius 1 is 1.44 bits per heavy atom. The average molecular weight is 329 g/mol. The van der Waals surface area contributed by atoms with Gasteiger partial charge in [0.1, 0.15) is 0 Å². The van der Waals surface area contributed by atoms with Crippen LogP contribution < -0.4 is 5.32 Å². The highest BCUT2D eigenvalue weighted by Crippen LogP contribution is 2.26. The van der Waals surface area contributed by atoms with Crippen LogP contribution in [0.2, 0.25) is 5.02 Å². The van der Waals surface area contributed by atoms with E-state index in [-0.39, 0.29) is 0 Å². The van der Waals surface area contributed by atoms with Crippen LogP contribution in [-0.4, -0.2) is 9.78 Å². The molecule has 0 aliphatic heterocycles. The second-order valence-corrected chi connectivity index (χ2v) is 5.40. The lowest BCUT2D eigenvalue weighted by atomic mass is 10.2. The zero-order chi connectivity index (χ0) is 13.1. The van der Waals surface area contributed by atoms with Gasteiger partial charge in [0.25, 0.3) is 0 Å². The van der Waals surface area contributed by atoms with Gasteiger partial charge >= 0.3 is 0 Å². The summed E-state index contributed by atoms with van der Waals surface area (Å²) in [5, 5.41) is 8.53. The Kier molecular flexibility index (Phi) is 4.30. The molecule has 2 aromatic rings. The van der Waals surface area contributed by atoms with Crippen molar-refractivity contribution in [2.45, 2.75) is 19.9 Å². The molecule has 0 aliphatic rings. The molecule has 0 radical (unpaired) electrons. The summed E-state index contributed by atoms with van der Waals surface area (Å²) in [6.07, 6.45) is 3.00. The maximum Gasteiger partial charge on any atom is 0.0671 e. The molecule has 0 unspecified atom stereocenters. The Morgan fingerprint density at radius 3 is 2.89 bits per heavy atom. The molecule has 0 fully saturated rings. The van der Waals surface area contributed by atoms with E-state index in [4.69, 9.17) is 11.6 Å². The number of aryl methyl sites for hydroxylation is 2. The standard InChI is InChI=1S/C13H15BrClN3/c1-3-12-9(8-18(2)17-12)7-16-13-5-4-10(15)6-11(13)14/h4-6,8,16H,3,7H2,1-2H3. The predicted octanol–water partition coefficient (Wildman–Crippen LogP) is 4.01. The molecular formula is C13H15BrClN3. The first-order chi connectivity index (χ1) is 8.60. The van der Waals surface area contributed by atoms with Gasteiger partial charge in [0, 0.05) is 40.5 Å². The molecule has 0 saturated heterocycles. The van der Waals surface area contributed by atoms with E-state index < -0.39 is 0 Å². The highest BCUT2D eigenvalue weighted by molar-refractivity contribution is 9.10. The van der Waals surface area contributed by atoms with Crippen molar-refractivity contribution < 1.29 is 0 Å². The molecule has 2 rings (SSSR count). The quantitative estimate of drug-likeness (QED) is 0.919. The normalized spacial score (nSPS) is 10.7. The zero-order valence-electron chi connectivity index (χ0n) is 10.4. The van der Waals surface area contributed by atoms with Gasteiger partial charge in [-0.1, -0.05) is 18.5 Å². The Morgan fingerprint density at radius 2 is 2.22 bits per heavy atom. The summed E-state index contributed by atoms with van der Waals surface area (Å²) in [5.41, 5.74) is 3.39. The van der Waals surface area contributed by atoms with Gasteiger partial charge < -0.3 is 5.32 Å². The lowest BCUT2D eigenvalue weighted by Crippen LogP contribution is -2.01. The van der Waals surface area contributed by atoms with Crippen molar-refractivity contribution in [3.63, 3.8) is 0 Å². The first-order valence-electron chi connectivity index (χ1n) is 5.80. The molecule has 0 atom stereocenters. The van der Waals surface area contributed by atoms with Crippen LogP contribution in [0.5, 0.6) is 0 Å². The monoisotopic (exact) mass is 327 g/mol. The van der Waals surface area contributed by atoms with Crippen LogP contribution in [-0.2, 0) is 20.0 Å². The van der Waals surface area contributed by atoms with E-state index >= 15 is 0 Å². The van der Waals surface area contributed by atoms with Gasteiger partial charge in [-0.2, -0.15) is 5.10 Å². The molecular weight excluding hydrogens is 314 g/mol. The molecule has 0 amide bonds. The van der Waals surface area contributed by atoms with Crippen molar-refractivity contribution in [3.8, 4) is 0 Å². The molecule has 1 aromatic carbocycles. The Hall–Kier alpha value is -1.000. The zero-order valence-corrected chi connectivity index (χ0v) is 12.7. The number of benzene rings is 1. The van der Waals surface area contributed by atoms with Crippen LogP contribution in [0.1, 0.15) is 18.2 Å². The SMILES string of the molecule is CCc1nn(C)cc1CNc1ccc(Cl)cc1Br. The fourth-order valence-corrected chi connectivity index (χ4v) is 2.68. The Bertz CT molecular complexity index is 551. The van der Waals surface area contributed by atoms with Crippen molar-refractivity contribution in [2.75, 3.05) is 5.32 Å². The van der Waals surface area contributed by atoms with Crippen molar-refractivity contribution in [1.82, 2.24) is 9.78 Å². The molecule has 1 N–H and O–H groups in total. The first-order valence-corrected chi connectivity index (χ1v) is 6.97. The van der Waals surface area contributed by atoms with E-state index in [2.05, 4.69) is 39.5 Å². The summed E-state index contributed by atoms with van der Waals surface area (Å²) in [6, 6.07) is 5.72. The number of hydrogen-bond donors (Lipinski definition) is 1. The lowest BCUT2D eigenvalue weighted by Gasteiger charge is -2.08. The summed E-state index contributed by atoms with van der Waals surface area (Å²) in [5.74, 6) is 0. The molecule has 3 nitrogen and oxygen atoms in total. The lowest BCUT2D eigenvalue weighted by molar-refractivity contribution is 0.746. The molecule has 0 spiro atoms. The third kappa shape index (κ3) is 3.06. The van der Waals surface area contributed by atoms with Crippen LogP contribution in [0, 0.1) is 0 Å². The third-order valence-electron chi connectivity index (χ3n) is 2.73. The predicted molar refractivity (Wildman–Crippen MR) is 79.1 cm³/mol. The summed E-state index contributed by atoms with van der Waals surface area (Å²) < 4.78 is 2.82. The van der Waals surface area contributed by atoms with E-state index in [1.807, 2.05) is 29.9 Å². The van der Waals surface area contributed by atoms with Crippen LogP contribution >= 0.6 is 27.5 Å². The number of nitrogens with one attached hydrogen (secondary N) is 1. The smallest absolute Gasteiger partial charge is 0.0671 e. The van der Waals surface area contributed by atoms with Crippen LogP contribution in [0.15, 0.2) is 28.9 Å². The Labute approximate surface area is 120 Å². The molecule has 96 valence electrons. The summed E-state index contributed by atoms with van der Waals surface area (Å²) >= 11 is 9.41. The number of nitrogens with zero attached hydrogens (tertiary/aromatic N) is 2. The minimum atomic E-state index is 0.725. The highest BCUT2D eigenvalue weighted by Gasteiger charge is 2.06. The minimum absolute atomic E-state index is 0.725. The molecule has 1 aromatic heterocycles. The van der Waals surface area contributed by atoms with Gasteiger partial charge in [-0.05, 0) is 40.5 Å². The maximum absolute atomic E-state index is 5.91. The van der Waals surface area contributed by atoms with Gasteiger partial charge in [0.2, 0.25) is 0 Å². The van der Waals surface area contributed by atoms with Gasteiger partial charge in [0.05, 0.1) is 5.69 Å². The van der Waals surface area contributed by atoms with Gasteiger partial charge in [-0.3, -0.25) is 4.68 Å². The van der Waals surface area contributed by atoms with Crippen LogP contribution in [0.3, 0.4) is 0 Å². The molecule has 18 heavy (non-hydrogen) atoms. The van der Waals surface area contributed by atoms with E-state index in [0.29, 0.717) is 0 Å². The molecule has 0 saturated carbocycles. The second-order valence-electron chi connectivity index (χ2n) is 4.11. The highest BCUT2D eigenvalue weighted by atomic mass is 79.9. The summed E-state index contributed by atoms with van der Waals surface area (Å²) in [7, 11) is 1.95. The summed E-state index contributed by atoms with van der Waals surface area (Å²) in [4.78, 5) is 0. The second kappa shape index (κ2) is 5.76. The van der Waals surface area contributed by atoms with Gasteiger partial charge in [0.15, 0.2) is 0 Å². The molecule has 0 aliphatic carbocycles. The van der Waals surface area contributed by atoms with Gasteiger partial charge in [-0.15, -0.1) is 0 Å². The van der Waals surface area contributed by atoms with Gasteiger partial charge in [-0.25, -0.2) is 0 Å². The number of aromatic nitrogens is 2. The largest absolute Gasteiger partial charge is 0.380 e. The topological polar surface area (TPSA) is 29.9 Å². The fourth-order valence-electron chi connectivity index (χ4n) is 1.85. The number of hydrogen-bond acceptors (Lipinski definition) is 2. The Balaban J connectivity index is 2.11.